The first kappa shape index (κ1) is 19.2. The minimum atomic E-state index is -0.476. The zero-order chi connectivity index (χ0) is 19.5. The molecule has 3 heterocycles. The van der Waals surface area contributed by atoms with E-state index in [1.165, 1.54) is 22.9 Å². The van der Waals surface area contributed by atoms with Gasteiger partial charge < -0.3 is 4.90 Å². The van der Waals surface area contributed by atoms with Crippen molar-refractivity contribution in [1.82, 2.24) is 15.1 Å². The molecule has 2 fully saturated rings. The van der Waals surface area contributed by atoms with Crippen molar-refractivity contribution in [2.75, 3.05) is 26.2 Å². The Labute approximate surface area is 168 Å². The number of carbonyl (C=O) groups is 1. The van der Waals surface area contributed by atoms with Crippen LogP contribution in [0.5, 0.6) is 0 Å². The molecular formula is C20H26ClN4O3+. The van der Waals surface area contributed by atoms with Crippen LogP contribution in [0, 0.1) is 11.8 Å². The first-order valence-electron chi connectivity index (χ1n) is 9.89. The zero-order valence-electron chi connectivity index (χ0n) is 15.8. The van der Waals surface area contributed by atoms with Crippen LogP contribution < -0.4 is 10.3 Å². The summed E-state index contributed by atoms with van der Waals surface area (Å²) < 4.78 is 5.99. The van der Waals surface area contributed by atoms with E-state index in [0.29, 0.717) is 11.8 Å². The molecule has 2 aliphatic rings. The molecule has 150 valence electrons. The summed E-state index contributed by atoms with van der Waals surface area (Å²) in [5, 5.41) is 3.21. The highest BCUT2D eigenvalue weighted by Gasteiger charge is 2.33. The Morgan fingerprint density at radius 1 is 1.14 bits per heavy atom. The predicted molar refractivity (Wildman–Crippen MR) is 104 cm³/mol. The number of hydrogen-bond donors (Lipinski definition) is 1. The van der Waals surface area contributed by atoms with Gasteiger partial charge in [0.2, 0.25) is 0 Å². The molecule has 7 nitrogen and oxygen atoms in total. The largest absolute Gasteiger partial charge is 0.426 e. The number of hydrogen-bond acceptors (Lipinski definition) is 4. The van der Waals surface area contributed by atoms with Crippen molar-refractivity contribution in [2.24, 2.45) is 11.8 Å². The second kappa shape index (κ2) is 8.49. The summed E-state index contributed by atoms with van der Waals surface area (Å²) in [7, 11) is 0. The van der Waals surface area contributed by atoms with Crippen LogP contribution in [-0.4, -0.2) is 47.2 Å². The maximum atomic E-state index is 12.4. The first-order chi connectivity index (χ1) is 13.6. The number of amides is 1. The van der Waals surface area contributed by atoms with E-state index in [4.69, 9.17) is 11.6 Å². The van der Waals surface area contributed by atoms with E-state index in [1.807, 2.05) is 17.0 Å². The van der Waals surface area contributed by atoms with Gasteiger partial charge in [-0.2, -0.15) is 0 Å². The number of nitrogens with one attached hydrogen (secondary N) is 1. The molecule has 0 saturated carbocycles. The van der Waals surface area contributed by atoms with Gasteiger partial charge >= 0.3 is 5.63 Å². The van der Waals surface area contributed by atoms with Crippen molar-refractivity contribution >= 4 is 17.5 Å². The summed E-state index contributed by atoms with van der Waals surface area (Å²) in [6.07, 6.45) is 4.60. The smallest absolute Gasteiger partial charge is 0.337 e. The summed E-state index contributed by atoms with van der Waals surface area (Å²) in [4.78, 5) is 27.9. The maximum absolute atomic E-state index is 12.4. The number of carbonyl (C=O) groups excluding carboxylic acids is 1. The van der Waals surface area contributed by atoms with Gasteiger partial charge in [0.25, 0.3) is 18.6 Å². The fraction of sp³-hybridized carbons (Fsp3) is 0.550. The summed E-state index contributed by atoms with van der Waals surface area (Å²) in [5.74, 6) is 1.42. The minimum absolute atomic E-state index is 0.0243. The first-order valence-corrected chi connectivity index (χ1v) is 10.3. The lowest BCUT2D eigenvalue weighted by Crippen LogP contribution is -2.48. The van der Waals surface area contributed by atoms with E-state index >= 15 is 0 Å². The van der Waals surface area contributed by atoms with Gasteiger partial charge in [-0.25, -0.2) is 4.79 Å². The van der Waals surface area contributed by atoms with E-state index in [9.17, 15) is 9.59 Å². The quantitative estimate of drug-likeness (QED) is 0.768. The van der Waals surface area contributed by atoms with Crippen LogP contribution in [0.4, 0.5) is 0 Å². The molecular weight excluding hydrogens is 380 g/mol. The Bertz CT molecular complexity index is 855. The second-order valence-corrected chi connectivity index (χ2v) is 8.33. The third kappa shape index (κ3) is 4.64. The molecule has 2 aromatic rings. The van der Waals surface area contributed by atoms with Gasteiger partial charge in [-0.15, -0.1) is 0 Å². The number of piperidine rings is 1. The number of likely N-dealkylation sites (tertiary alicyclic amines) is 2. The van der Waals surface area contributed by atoms with Crippen molar-refractivity contribution in [3.63, 3.8) is 0 Å². The van der Waals surface area contributed by atoms with E-state index in [2.05, 4.69) is 26.8 Å². The lowest BCUT2D eigenvalue weighted by molar-refractivity contribution is -0.751. The highest BCUT2D eigenvalue weighted by molar-refractivity contribution is 6.30. The lowest BCUT2D eigenvalue weighted by Gasteiger charge is -2.34. The number of halogens is 1. The molecule has 0 radical (unpaired) electrons. The van der Waals surface area contributed by atoms with Gasteiger partial charge in [-0.05, 0) is 60.6 Å². The van der Waals surface area contributed by atoms with Crippen molar-refractivity contribution in [1.29, 1.82) is 0 Å². The van der Waals surface area contributed by atoms with Crippen LogP contribution in [0.1, 0.15) is 24.8 Å². The standard InChI is InChI=1S/C20H25ClN4O3/c21-18-3-1-15(2-4-18)11-23-8-5-17(12-23)16-6-9-24(10-7-16)19(26)13-25-14-20(27)28-22-25/h1-4,14,16-17H,5-13H2/p+1/t17-/m0/s1. The fourth-order valence-corrected chi connectivity index (χ4v) is 4.59. The highest BCUT2D eigenvalue weighted by Crippen LogP contribution is 2.32. The summed E-state index contributed by atoms with van der Waals surface area (Å²) >= 11 is 5.97. The van der Waals surface area contributed by atoms with Crippen LogP contribution in [0.3, 0.4) is 0 Å². The zero-order valence-corrected chi connectivity index (χ0v) is 16.6. The van der Waals surface area contributed by atoms with Crippen molar-refractivity contribution in [3.05, 3.63) is 51.5 Å². The monoisotopic (exact) mass is 405 g/mol. The SMILES string of the molecule is O=C(C[n+]1cc(=O)o[nH]1)N1CCC([C@H]2CCN(Cc3ccc(Cl)cc3)C2)CC1. The highest BCUT2D eigenvalue weighted by atomic mass is 35.5. The van der Waals surface area contributed by atoms with E-state index in [-0.39, 0.29) is 12.5 Å². The third-order valence-electron chi connectivity index (χ3n) is 6.02. The molecule has 4 rings (SSSR count). The van der Waals surface area contributed by atoms with Gasteiger partial charge in [0.15, 0.2) is 0 Å². The Hall–Kier alpha value is -2.12. The summed E-state index contributed by atoms with van der Waals surface area (Å²) in [5.41, 5.74) is 0.830. The number of aromatic amines is 1. The van der Waals surface area contributed by atoms with Crippen molar-refractivity contribution in [2.45, 2.75) is 32.4 Å². The minimum Gasteiger partial charge on any atom is -0.337 e. The summed E-state index contributed by atoms with van der Waals surface area (Å²) in [6.45, 7) is 4.95. The molecule has 28 heavy (non-hydrogen) atoms. The molecule has 8 heteroatoms. The topological polar surface area (TPSA) is 73.4 Å². The summed E-state index contributed by atoms with van der Waals surface area (Å²) in [6, 6.07) is 8.11. The van der Waals surface area contributed by atoms with Crippen LogP contribution >= 0.6 is 11.6 Å². The third-order valence-corrected chi connectivity index (χ3v) is 6.27. The lowest BCUT2D eigenvalue weighted by atomic mass is 9.84. The number of nitrogens with zero attached hydrogens (tertiary/aromatic N) is 3. The number of H-pyrrole nitrogens is 1. The number of rotatable bonds is 5. The van der Waals surface area contributed by atoms with Gasteiger partial charge in [0, 0.05) is 31.2 Å². The van der Waals surface area contributed by atoms with Gasteiger partial charge in [-0.3, -0.25) is 14.2 Å². The van der Waals surface area contributed by atoms with E-state index < -0.39 is 5.63 Å². The van der Waals surface area contributed by atoms with Gasteiger partial charge in [0.1, 0.15) is 0 Å². The second-order valence-electron chi connectivity index (χ2n) is 7.90. The van der Waals surface area contributed by atoms with Crippen LogP contribution in [-0.2, 0) is 17.9 Å². The molecule has 1 aromatic heterocycles. The Balaban J connectivity index is 1.23. The Morgan fingerprint density at radius 3 is 2.54 bits per heavy atom. The predicted octanol–water partition coefficient (Wildman–Crippen LogP) is 1.67. The number of benzene rings is 1. The van der Waals surface area contributed by atoms with Gasteiger partial charge in [-0.1, -0.05) is 28.4 Å². The van der Waals surface area contributed by atoms with Crippen LogP contribution in [0.15, 0.2) is 39.8 Å². The molecule has 0 unspecified atom stereocenters. The fourth-order valence-electron chi connectivity index (χ4n) is 4.47. The molecule has 1 aromatic carbocycles. The van der Waals surface area contributed by atoms with Crippen LogP contribution in [0.25, 0.3) is 0 Å². The van der Waals surface area contributed by atoms with Crippen LogP contribution in [0.2, 0.25) is 5.02 Å². The maximum Gasteiger partial charge on any atom is 0.426 e. The molecule has 0 bridgehead atoms. The molecule has 1 atom stereocenters. The van der Waals surface area contributed by atoms with E-state index in [0.717, 1.165) is 50.6 Å². The molecule has 1 amide bonds. The van der Waals surface area contributed by atoms with Crippen molar-refractivity contribution < 1.29 is 14.0 Å². The number of aromatic nitrogens is 2. The van der Waals surface area contributed by atoms with E-state index in [1.54, 1.807) is 0 Å². The Kier molecular flexibility index (Phi) is 5.82. The molecule has 0 spiro atoms. The molecule has 2 saturated heterocycles. The van der Waals surface area contributed by atoms with Gasteiger partial charge in [0.05, 0.1) is 0 Å². The normalized spacial score (nSPS) is 21.3. The molecule has 0 aliphatic carbocycles. The van der Waals surface area contributed by atoms with Crippen molar-refractivity contribution in [3.8, 4) is 0 Å². The molecule has 1 N–H and O–H groups in total. The molecule has 2 aliphatic heterocycles. The Morgan fingerprint density at radius 2 is 1.86 bits per heavy atom. The average Bonchev–Trinajstić information content (AvgIpc) is 3.33. The average molecular weight is 406 g/mol.